The molecule has 2 N–H and O–H groups in total. The molecular formula is C14H19N3S. The number of nitrogens with zero attached hydrogens (tertiary/aromatic N) is 2. The van der Waals surface area contributed by atoms with Crippen LogP contribution < -0.4 is 5.73 Å². The number of aryl methyl sites for hydroxylation is 1. The van der Waals surface area contributed by atoms with Crippen molar-refractivity contribution in [2.24, 2.45) is 0 Å². The van der Waals surface area contributed by atoms with Crippen molar-refractivity contribution < 1.29 is 0 Å². The van der Waals surface area contributed by atoms with Crippen LogP contribution in [0.3, 0.4) is 0 Å². The molecule has 0 saturated carbocycles. The van der Waals surface area contributed by atoms with Gasteiger partial charge in [-0.25, -0.2) is 4.98 Å². The van der Waals surface area contributed by atoms with Crippen molar-refractivity contribution in [3.05, 3.63) is 46.4 Å². The molecule has 0 aliphatic carbocycles. The van der Waals surface area contributed by atoms with Crippen LogP contribution in [0.25, 0.3) is 0 Å². The van der Waals surface area contributed by atoms with Crippen molar-refractivity contribution >= 4 is 17.0 Å². The Labute approximate surface area is 112 Å². The van der Waals surface area contributed by atoms with Crippen LogP contribution in [0, 0.1) is 0 Å². The number of anilines is 1. The molecule has 1 aromatic heterocycles. The molecule has 0 fully saturated rings. The zero-order chi connectivity index (χ0) is 12.8. The van der Waals surface area contributed by atoms with Crippen LogP contribution in [0.15, 0.2) is 35.2 Å². The predicted octanol–water partition coefficient (Wildman–Crippen LogP) is 2.79. The molecule has 4 heteroatoms. The van der Waals surface area contributed by atoms with Gasteiger partial charge >= 0.3 is 0 Å². The second kappa shape index (κ2) is 6.52. The summed E-state index contributed by atoms with van der Waals surface area (Å²) < 4.78 is 0. The van der Waals surface area contributed by atoms with Crippen molar-refractivity contribution in [1.29, 1.82) is 0 Å². The van der Waals surface area contributed by atoms with Gasteiger partial charge in [-0.2, -0.15) is 0 Å². The maximum Gasteiger partial charge on any atom is 0.0795 e. The summed E-state index contributed by atoms with van der Waals surface area (Å²) in [6.07, 6.45) is 2.22. The van der Waals surface area contributed by atoms with Crippen molar-refractivity contribution in [3.63, 3.8) is 0 Å². The van der Waals surface area contributed by atoms with E-state index in [0.717, 1.165) is 37.3 Å². The third kappa shape index (κ3) is 4.13. The highest BCUT2D eigenvalue weighted by atomic mass is 32.1. The number of thiazole rings is 1. The Morgan fingerprint density at radius 2 is 2.28 bits per heavy atom. The van der Waals surface area contributed by atoms with Gasteiger partial charge in [-0.1, -0.05) is 12.1 Å². The smallest absolute Gasteiger partial charge is 0.0795 e. The van der Waals surface area contributed by atoms with Gasteiger partial charge in [0.25, 0.3) is 0 Å². The number of hydrogen-bond donors (Lipinski definition) is 1. The van der Waals surface area contributed by atoms with Gasteiger partial charge in [0.05, 0.1) is 11.2 Å². The standard InChI is InChI=1S/C14H19N3S/c1-17(9-14-10-18-11-16-14)7-3-5-12-4-2-6-13(15)8-12/h2,4,6,8,10-11H,3,5,7,9,15H2,1H3. The molecule has 0 aliphatic heterocycles. The topological polar surface area (TPSA) is 42.1 Å². The lowest BCUT2D eigenvalue weighted by Crippen LogP contribution is -2.19. The SMILES string of the molecule is CN(CCCc1cccc(N)c1)Cc1cscn1. The van der Waals surface area contributed by atoms with Crippen molar-refractivity contribution in [1.82, 2.24) is 9.88 Å². The van der Waals surface area contributed by atoms with Gasteiger partial charge in [0.2, 0.25) is 0 Å². The van der Waals surface area contributed by atoms with Gasteiger partial charge in [0.15, 0.2) is 0 Å². The van der Waals surface area contributed by atoms with E-state index < -0.39 is 0 Å². The lowest BCUT2D eigenvalue weighted by Gasteiger charge is -2.15. The van der Waals surface area contributed by atoms with E-state index in [0.29, 0.717) is 0 Å². The number of benzene rings is 1. The van der Waals surface area contributed by atoms with Gasteiger partial charge in [0, 0.05) is 17.6 Å². The minimum absolute atomic E-state index is 0.850. The van der Waals surface area contributed by atoms with Crippen LogP contribution in [0.4, 0.5) is 5.69 Å². The van der Waals surface area contributed by atoms with E-state index in [9.17, 15) is 0 Å². The number of aromatic nitrogens is 1. The molecule has 0 atom stereocenters. The summed E-state index contributed by atoms with van der Waals surface area (Å²) in [4.78, 5) is 6.60. The Bertz CT molecular complexity index is 468. The maximum absolute atomic E-state index is 5.76. The Kier molecular flexibility index (Phi) is 4.73. The Hall–Kier alpha value is -1.39. The Morgan fingerprint density at radius 3 is 3.00 bits per heavy atom. The Morgan fingerprint density at radius 1 is 1.39 bits per heavy atom. The fourth-order valence-electron chi connectivity index (χ4n) is 1.97. The molecule has 1 heterocycles. The van der Waals surface area contributed by atoms with Gasteiger partial charge < -0.3 is 10.6 Å². The van der Waals surface area contributed by atoms with E-state index in [1.54, 1.807) is 11.3 Å². The van der Waals surface area contributed by atoms with Crippen molar-refractivity contribution in [3.8, 4) is 0 Å². The van der Waals surface area contributed by atoms with E-state index in [1.165, 1.54) is 5.56 Å². The van der Waals surface area contributed by atoms with E-state index in [-0.39, 0.29) is 0 Å². The number of nitrogen functional groups attached to an aromatic ring is 1. The summed E-state index contributed by atoms with van der Waals surface area (Å²) in [5.41, 5.74) is 11.0. The largest absolute Gasteiger partial charge is 0.399 e. The van der Waals surface area contributed by atoms with Crippen molar-refractivity contribution in [2.45, 2.75) is 19.4 Å². The lowest BCUT2D eigenvalue weighted by atomic mass is 10.1. The molecule has 3 nitrogen and oxygen atoms in total. The molecule has 0 unspecified atom stereocenters. The molecular weight excluding hydrogens is 242 g/mol. The molecule has 2 rings (SSSR count). The first-order valence-electron chi connectivity index (χ1n) is 6.14. The Balaban J connectivity index is 1.72. The fraction of sp³-hybridized carbons (Fsp3) is 0.357. The number of rotatable bonds is 6. The second-order valence-corrected chi connectivity index (χ2v) is 5.28. The summed E-state index contributed by atoms with van der Waals surface area (Å²) in [6, 6.07) is 8.14. The monoisotopic (exact) mass is 261 g/mol. The molecule has 2 aromatic rings. The highest BCUT2D eigenvalue weighted by molar-refractivity contribution is 7.07. The van der Waals surface area contributed by atoms with Gasteiger partial charge in [-0.05, 0) is 44.1 Å². The normalized spacial score (nSPS) is 11.0. The zero-order valence-corrected chi connectivity index (χ0v) is 11.5. The summed E-state index contributed by atoms with van der Waals surface area (Å²) in [5.74, 6) is 0. The maximum atomic E-state index is 5.76. The zero-order valence-electron chi connectivity index (χ0n) is 10.7. The van der Waals surface area contributed by atoms with Crippen LogP contribution in [0.5, 0.6) is 0 Å². The minimum Gasteiger partial charge on any atom is -0.399 e. The first kappa shape index (κ1) is 13.1. The predicted molar refractivity (Wildman–Crippen MR) is 77.6 cm³/mol. The highest BCUT2D eigenvalue weighted by Crippen LogP contribution is 2.10. The van der Waals surface area contributed by atoms with E-state index in [4.69, 9.17) is 5.73 Å². The molecule has 18 heavy (non-hydrogen) atoms. The number of hydrogen-bond acceptors (Lipinski definition) is 4. The quantitative estimate of drug-likeness (QED) is 0.813. The van der Waals surface area contributed by atoms with Crippen LogP contribution in [0.2, 0.25) is 0 Å². The summed E-state index contributed by atoms with van der Waals surface area (Å²) in [5, 5.41) is 2.11. The average molecular weight is 261 g/mol. The highest BCUT2D eigenvalue weighted by Gasteiger charge is 2.02. The van der Waals surface area contributed by atoms with Crippen LogP contribution >= 0.6 is 11.3 Å². The minimum atomic E-state index is 0.850. The van der Waals surface area contributed by atoms with Gasteiger partial charge in [-0.3, -0.25) is 0 Å². The fourth-order valence-corrected chi connectivity index (χ4v) is 2.52. The summed E-state index contributed by atoms with van der Waals surface area (Å²) in [6.45, 7) is 2.01. The second-order valence-electron chi connectivity index (χ2n) is 4.57. The molecule has 0 saturated heterocycles. The molecule has 0 aliphatic rings. The number of nitrogens with two attached hydrogens (primary N) is 1. The molecule has 0 radical (unpaired) electrons. The first-order valence-corrected chi connectivity index (χ1v) is 7.08. The van der Waals surface area contributed by atoms with Crippen LogP contribution in [-0.4, -0.2) is 23.5 Å². The van der Waals surface area contributed by atoms with Gasteiger partial charge in [0.1, 0.15) is 0 Å². The molecule has 0 spiro atoms. The third-order valence-electron chi connectivity index (χ3n) is 2.87. The summed E-state index contributed by atoms with van der Waals surface area (Å²) >= 11 is 1.65. The van der Waals surface area contributed by atoms with Crippen LogP contribution in [0.1, 0.15) is 17.7 Å². The third-order valence-corrected chi connectivity index (χ3v) is 3.51. The van der Waals surface area contributed by atoms with E-state index in [1.807, 2.05) is 17.6 Å². The molecule has 0 bridgehead atoms. The van der Waals surface area contributed by atoms with Crippen molar-refractivity contribution in [2.75, 3.05) is 19.3 Å². The average Bonchev–Trinajstić information content (AvgIpc) is 2.82. The van der Waals surface area contributed by atoms with Gasteiger partial charge in [-0.15, -0.1) is 11.3 Å². The van der Waals surface area contributed by atoms with Crippen LogP contribution in [-0.2, 0) is 13.0 Å². The lowest BCUT2D eigenvalue weighted by molar-refractivity contribution is 0.319. The van der Waals surface area contributed by atoms with E-state index in [2.05, 4.69) is 34.4 Å². The first-order chi connectivity index (χ1) is 8.74. The molecule has 0 amide bonds. The van der Waals surface area contributed by atoms with E-state index >= 15 is 0 Å². The summed E-state index contributed by atoms with van der Waals surface area (Å²) in [7, 11) is 2.14. The molecule has 1 aromatic carbocycles. The molecule has 96 valence electrons.